The van der Waals surface area contributed by atoms with Gasteiger partial charge in [-0.3, -0.25) is 4.79 Å². The van der Waals surface area contributed by atoms with E-state index in [4.69, 9.17) is 5.11 Å². The molecular formula is C12H19N3O2. The topological polar surface area (TPSA) is 65.5 Å². The molecule has 94 valence electrons. The number of hydrogen-bond donors (Lipinski definition) is 2. The summed E-state index contributed by atoms with van der Waals surface area (Å²) in [6.45, 7) is 0.128. The van der Waals surface area contributed by atoms with Crippen LogP contribution in [-0.4, -0.2) is 36.7 Å². The van der Waals surface area contributed by atoms with Crippen molar-refractivity contribution in [2.75, 3.05) is 30.9 Å². The van der Waals surface area contributed by atoms with Crippen molar-refractivity contribution in [3.63, 3.8) is 0 Å². The lowest BCUT2D eigenvalue weighted by molar-refractivity contribution is -0.116. The zero-order valence-corrected chi connectivity index (χ0v) is 10.3. The van der Waals surface area contributed by atoms with E-state index >= 15 is 0 Å². The fourth-order valence-corrected chi connectivity index (χ4v) is 1.46. The minimum absolute atomic E-state index is 0.0467. The highest BCUT2D eigenvalue weighted by atomic mass is 16.2. The largest absolute Gasteiger partial charge is 0.396 e. The highest BCUT2D eigenvalue weighted by Gasteiger charge is 2.08. The average molecular weight is 237 g/mol. The minimum atomic E-state index is -0.0467. The van der Waals surface area contributed by atoms with Gasteiger partial charge in [0.15, 0.2) is 5.82 Å². The molecule has 0 aliphatic heterocycles. The molecule has 0 aliphatic rings. The first-order chi connectivity index (χ1) is 8.15. The first kappa shape index (κ1) is 13.4. The third-order valence-corrected chi connectivity index (χ3v) is 2.30. The van der Waals surface area contributed by atoms with Crippen LogP contribution < -0.4 is 10.2 Å². The predicted molar refractivity (Wildman–Crippen MR) is 68.1 cm³/mol. The molecule has 17 heavy (non-hydrogen) atoms. The molecule has 0 aliphatic carbocycles. The minimum Gasteiger partial charge on any atom is -0.396 e. The van der Waals surface area contributed by atoms with E-state index in [1.165, 1.54) is 0 Å². The lowest BCUT2D eigenvalue weighted by atomic mass is 10.2. The van der Waals surface area contributed by atoms with Gasteiger partial charge < -0.3 is 15.3 Å². The van der Waals surface area contributed by atoms with Gasteiger partial charge in [0.05, 0.1) is 5.69 Å². The maximum atomic E-state index is 11.6. The maximum Gasteiger partial charge on any atom is 0.224 e. The third kappa shape index (κ3) is 4.40. The molecule has 0 saturated heterocycles. The fourth-order valence-electron chi connectivity index (χ4n) is 1.46. The number of unbranched alkanes of at least 4 members (excludes halogenated alkanes) is 1. The standard InChI is InChI=1S/C12H19N3O2/c1-15(2)12-10(6-5-8-13-12)14-11(17)7-3-4-9-16/h5-6,8,16H,3-4,7,9H2,1-2H3,(H,14,17). The molecule has 1 aromatic heterocycles. The predicted octanol–water partition coefficient (Wildman–Crippen LogP) is 1.25. The second-order valence-electron chi connectivity index (χ2n) is 4.00. The van der Waals surface area contributed by atoms with Crippen molar-refractivity contribution >= 4 is 17.4 Å². The van der Waals surface area contributed by atoms with Gasteiger partial charge in [0.1, 0.15) is 0 Å². The Labute approximate surface area is 101 Å². The van der Waals surface area contributed by atoms with Gasteiger partial charge >= 0.3 is 0 Å². The van der Waals surface area contributed by atoms with E-state index in [1.807, 2.05) is 25.1 Å². The van der Waals surface area contributed by atoms with Crippen molar-refractivity contribution in [2.24, 2.45) is 0 Å². The van der Waals surface area contributed by atoms with Gasteiger partial charge in [-0.15, -0.1) is 0 Å². The number of carbonyl (C=O) groups excluding carboxylic acids is 1. The molecule has 5 heteroatoms. The van der Waals surface area contributed by atoms with Gasteiger partial charge in [-0.05, 0) is 25.0 Å². The molecule has 1 aromatic rings. The van der Waals surface area contributed by atoms with Gasteiger partial charge in [-0.25, -0.2) is 4.98 Å². The van der Waals surface area contributed by atoms with Crippen molar-refractivity contribution in [3.05, 3.63) is 18.3 Å². The van der Waals surface area contributed by atoms with E-state index in [9.17, 15) is 4.79 Å². The molecule has 2 N–H and O–H groups in total. The summed E-state index contributed by atoms with van der Waals surface area (Å²) in [4.78, 5) is 17.7. The van der Waals surface area contributed by atoms with Crippen LogP contribution in [0.1, 0.15) is 19.3 Å². The molecule has 0 saturated carbocycles. The molecule has 0 aromatic carbocycles. The Morgan fingerprint density at radius 2 is 2.24 bits per heavy atom. The molecular weight excluding hydrogens is 218 g/mol. The van der Waals surface area contributed by atoms with Crippen LogP contribution in [0.15, 0.2) is 18.3 Å². The van der Waals surface area contributed by atoms with Crippen LogP contribution in [0.5, 0.6) is 0 Å². The van der Waals surface area contributed by atoms with Crippen LogP contribution >= 0.6 is 0 Å². The maximum absolute atomic E-state index is 11.6. The number of hydrogen-bond acceptors (Lipinski definition) is 4. The average Bonchev–Trinajstić information content (AvgIpc) is 2.29. The summed E-state index contributed by atoms with van der Waals surface area (Å²) in [5.41, 5.74) is 0.714. The second kappa shape index (κ2) is 6.85. The summed E-state index contributed by atoms with van der Waals surface area (Å²) in [7, 11) is 3.76. The number of aliphatic hydroxyl groups excluding tert-OH is 1. The molecule has 0 atom stereocenters. The summed E-state index contributed by atoms with van der Waals surface area (Å²) in [6.07, 6.45) is 3.46. The van der Waals surface area contributed by atoms with Crippen LogP contribution in [0, 0.1) is 0 Å². The molecule has 0 bridgehead atoms. The molecule has 1 rings (SSSR count). The van der Waals surface area contributed by atoms with Crippen LogP contribution in [0.4, 0.5) is 11.5 Å². The Balaban J connectivity index is 2.58. The van der Waals surface area contributed by atoms with Crippen LogP contribution in [0.3, 0.4) is 0 Å². The zero-order valence-electron chi connectivity index (χ0n) is 10.3. The summed E-state index contributed by atoms with van der Waals surface area (Å²) in [5, 5.41) is 11.5. The first-order valence-corrected chi connectivity index (χ1v) is 5.68. The number of aliphatic hydroxyl groups is 1. The molecule has 1 amide bonds. The quantitative estimate of drug-likeness (QED) is 0.731. The van der Waals surface area contributed by atoms with Crippen LogP contribution in [-0.2, 0) is 4.79 Å². The van der Waals surface area contributed by atoms with Gasteiger partial charge in [-0.1, -0.05) is 0 Å². The summed E-state index contributed by atoms with van der Waals surface area (Å²) in [6, 6.07) is 3.61. The Hall–Kier alpha value is -1.62. The van der Waals surface area contributed by atoms with E-state index < -0.39 is 0 Å². The summed E-state index contributed by atoms with van der Waals surface area (Å²) < 4.78 is 0. The molecule has 0 unspecified atom stereocenters. The number of nitrogens with zero attached hydrogens (tertiary/aromatic N) is 2. The first-order valence-electron chi connectivity index (χ1n) is 5.68. The van der Waals surface area contributed by atoms with Crippen LogP contribution in [0.25, 0.3) is 0 Å². The van der Waals surface area contributed by atoms with Gasteiger partial charge in [0.2, 0.25) is 5.91 Å². The Morgan fingerprint density at radius 3 is 2.88 bits per heavy atom. The highest BCUT2D eigenvalue weighted by Crippen LogP contribution is 2.20. The fraction of sp³-hybridized carbons (Fsp3) is 0.500. The molecule has 0 spiro atoms. The van der Waals surface area contributed by atoms with Gasteiger partial charge in [0.25, 0.3) is 0 Å². The number of nitrogens with one attached hydrogen (secondary N) is 1. The number of carbonyl (C=O) groups is 1. The Morgan fingerprint density at radius 1 is 1.47 bits per heavy atom. The number of anilines is 2. The Kier molecular flexibility index (Phi) is 5.42. The van der Waals surface area contributed by atoms with Gasteiger partial charge in [0, 0.05) is 33.3 Å². The van der Waals surface area contributed by atoms with Crippen molar-refractivity contribution in [1.29, 1.82) is 0 Å². The molecule has 0 fully saturated rings. The van der Waals surface area contributed by atoms with Gasteiger partial charge in [-0.2, -0.15) is 0 Å². The number of pyridine rings is 1. The lowest BCUT2D eigenvalue weighted by Crippen LogP contribution is -2.17. The number of rotatable bonds is 6. The molecule has 5 nitrogen and oxygen atoms in total. The lowest BCUT2D eigenvalue weighted by Gasteiger charge is -2.16. The van der Waals surface area contributed by atoms with Crippen LogP contribution in [0.2, 0.25) is 0 Å². The zero-order chi connectivity index (χ0) is 12.7. The number of amides is 1. The number of aromatic nitrogens is 1. The van der Waals surface area contributed by atoms with E-state index in [0.717, 1.165) is 5.82 Å². The molecule has 1 heterocycles. The third-order valence-electron chi connectivity index (χ3n) is 2.30. The van der Waals surface area contributed by atoms with E-state index in [1.54, 1.807) is 12.3 Å². The monoisotopic (exact) mass is 237 g/mol. The van der Waals surface area contributed by atoms with Crippen molar-refractivity contribution in [1.82, 2.24) is 4.98 Å². The van der Waals surface area contributed by atoms with Crippen molar-refractivity contribution in [2.45, 2.75) is 19.3 Å². The SMILES string of the molecule is CN(C)c1ncccc1NC(=O)CCCCO. The van der Waals surface area contributed by atoms with E-state index in [0.29, 0.717) is 24.9 Å². The van der Waals surface area contributed by atoms with E-state index in [2.05, 4.69) is 10.3 Å². The summed E-state index contributed by atoms with van der Waals surface area (Å²) >= 11 is 0. The molecule has 0 radical (unpaired) electrons. The van der Waals surface area contributed by atoms with Crippen molar-refractivity contribution in [3.8, 4) is 0 Å². The Bertz CT molecular complexity index is 367. The summed E-state index contributed by atoms with van der Waals surface area (Å²) in [5.74, 6) is 0.692. The van der Waals surface area contributed by atoms with E-state index in [-0.39, 0.29) is 12.5 Å². The second-order valence-corrected chi connectivity index (χ2v) is 4.00. The van der Waals surface area contributed by atoms with Crippen molar-refractivity contribution < 1.29 is 9.90 Å². The highest BCUT2D eigenvalue weighted by molar-refractivity contribution is 5.93. The normalized spacial score (nSPS) is 10.1. The smallest absolute Gasteiger partial charge is 0.224 e.